The summed E-state index contributed by atoms with van der Waals surface area (Å²) in [6.07, 6.45) is 2.85. The van der Waals surface area contributed by atoms with Crippen molar-refractivity contribution in [2.24, 2.45) is 5.16 Å². The van der Waals surface area contributed by atoms with Crippen LogP contribution >= 0.6 is 0 Å². The molecule has 1 aliphatic heterocycles. The van der Waals surface area contributed by atoms with Crippen LogP contribution in [0.1, 0.15) is 24.8 Å². The summed E-state index contributed by atoms with van der Waals surface area (Å²) < 4.78 is 5.10. The van der Waals surface area contributed by atoms with Crippen molar-refractivity contribution in [3.05, 3.63) is 29.8 Å². The third-order valence-electron chi connectivity index (χ3n) is 3.29. The number of methoxy groups -OCH3 is 1. The SMILES string of the molecule is COCCCN1CCC/C(=N/O)c2ccccc21. The van der Waals surface area contributed by atoms with Crippen molar-refractivity contribution in [1.29, 1.82) is 0 Å². The van der Waals surface area contributed by atoms with Crippen LogP contribution in [-0.4, -0.2) is 37.7 Å². The summed E-state index contributed by atoms with van der Waals surface area (Å²) in [5.74, 6) is 0. The number of nitrogens with zero attached hydrogens (tertiary/aromatic N) is 2. The molecule has 1 heterocycles. The van der Waals surface area contributed by atoms with E-state index >= 15 is 0 Å². The van der Waals surface area contributed by atoms with Crippen LogP contribution in [-0.2, 0) is 4.74 Å². The number of ether oxygens (including phenoxy) is 1. The maximum atomic E-state index is 9.11. The molecule has 0 bridgehead atoms. The van der Waals surface area contributed by atoms with Gasteiger partial charge in [0.1, 0.15) is 0 Å². The van der Waals surface area contributed by atoms with Crippen LogP contribution in [0, 0.1) is 0 Å². The fourth-order valence-corrected chi connectivity index (χ4v) is 2.42. The van der Waals surface area contributed by atoms with Gasteiger partial charge in [-0.15, -0.1) is 0 Å². The lowest BCUT2D eigenvalue weighted by molar-refractivity contribution is 0.196. The normalized spacial score (nSPS) is 17.6. The van der Waals surface area contributed by atoms with Crippen molar-refractivity contribution in [3.63, 3.8) is 0 Å². The Bertz CT molecular complexity index is 418. The van der Waals surface area contributed by atoms with E-state index in [-0.39, 0.29) is 0 Å². The fraction of sp³-hybridized carbons (Fsp3) is 0.500. The first kappa shape index (κ1) is 12.9. The maximum Gasteiger partial charge on any atom is 0.0889 e. The number of anilines is 1. The third kappa shape index (κ3) is 2.82. The Hall–Kier alpha value is -1.55. The number of hydrogen-bond donors (Lipinski definition) is 1. The molecule has 0 atom stereocenters. The molecule has 0 amide bonds. The van der Waals surface area contributed by atoms with Crippen LogP contribution in [0.15, 0.2) is 29.4 Å². The second kappa shape index (κ2) is 6.40. The van der Waals surface area contributed by atoms with Crippen molar-refractivity contribution in [2.75, 3.05) is 31.7 Å². The number of oxime groups is 1. The number of benzene rings is 1. The molecule has 0 unspecified atom stereocenters. The molecule has 1 aliphatic rings. The molecule has 1 N–H and O–H groups in total. The van der Waals surface area contributed by atoms with Gasteiger partial charge in [0.25, 0.3) is 0 Å². The quantitative estimate of drug-likeness (QED) is 0.506. The van der Waals surface area contributed by atoms with E-state index in [0.717, 1.165) is 50.2 Å². The van der Waals surface area contributed by atoms with Gasteiger partial charge in [0, 0.05) is 38.1 Å². The van der Waals surface area contributed by atoms with Crippen LogP contribution < -0.4 is 4.90 Å². The minimum atomic E-state index is 0.777. The van der Waals surface area contributed by atoms with E-state index in [9.17, 15) is 0 Å². The van der Waals surface area contributed by atoms with Crippen LogP contribution in [0.25, 0.3) is 0 Å². The topological polar surface area (TPSA) is 45.1 Å². The molecule has 18 heavy (non-hydrogen) atoms. The third-order valence-corrected chi connectivity index (χ3v) is 3.29. The van der Waals surface area contributed by atoms with Crippen molar-refractivity contribution in [2.45, 2.75) is 19.3 Å². The van der Waals surface area contributed by atoms with Gasteiger partial charge < -0.3 is 14.8 Å². The standard InChI is InChI=1S/C14H20N2O2/c1-18-11-5-10-16-9-4-7-13(15-17)12-6-2-3-8-14(12)16/h2-3,6,8,17H,4-5,7,9-11H2,1H3/b15-13-. The van der Waals surface area contributed by atoms with Gasteiger partial charge in [-0.25, -0.2) is 0 Å². The molecule has 0 radical (unpaired) electrons. The molecule has 0 fully saturated rings. The molecule has 0 spiro atoms. The molecular formula is C14H20N2O2. The van der Waals surface area contributed by atoms with E-state index in [1.165, 1.54) is 5.69 Å². The second-order valence-electron chi connectivity index (χ2n) is 4.50. The van der Waals surface area contributed by atoms with Gasteiger partial charge in [-0.05, 0) is 25.3 Å². The van der Waals surface area contributed by atoms with Crippen LogP contribution in [0.2, 0.25) is 0 Å². The fourth-order valence-electron chi connectivity index (χ4n) is 2.42. The number of rotatable bonds is 4. The minimum Gasteiger partial charge on any atom is -0.411 e. The Morgan fingerprint density at radius 3 is 3.00 bits per heavy atom. The highest BCUT2D eigenvalue weighted by Crippen LogP contribution is 2.26. The lowest BCUT2D eigenvalue weighted by Crippen LogP contribution is -2.26. The van der Waals surface area contributed by atoms with Gasteiger partial charge in [-0.2, -0.15) is 0 Å². The molecule has 0 saturated heterocycles. The van der Waals surface area contributed by atoms with E-state index in [2.05, 4.69) is 16.1 Å². The second-order valence-corrected chi connectivity index (χ2v) is 4.50. The summed E-state index contributed by atoms with van der Waals surface area (Å²) in [5, 5.41) is 12.6. The highest BCUT2D eigenvalue weighted by molar-refractivity contribution is 6.05. The maximum absolute atomic E-state index is 9.11. The lowest BCUT2D eigenvalue weighted by atomic mass is 10.1. The van der Waals surface area contributed by atoms with E-state index in [4.69, 9.17) is 9.94 Å². The summed E-state index contributed by atoms with van der Waals surface area (Å²) in [6.45, 7) is 2.75. The van der Waals surface area contributed by atoms with Crippen molar-refractivity contribution in [3.8, 4) is 0 Å². The lowest BCUT2D eigenvalue weighted by Gasteiger charge is -2.24. The van der Waals surface area contributed by atoms with Gasteiger partial charge in [0.05, 0.1) is 5.71 Å². The average Bonchev–Trinajstić information content (AvgIpc) is 2.59. The predicted octanol–water partition coefficient (Wildman–Crippen LogP) is 2.50. The van der Waals surface area contributed by atoms with Gasteiger partial charge >= 0.3 is 0 Å². The Labute approximate surface area is 108 Å². The van der Waals surface area contributed by atoms with Crippen molar-refractivity contribution in [1.82, 2.24) is 0 Å². The zero-order valence-corrected chi connectivity index (χ0v) is 10.8. The largest absolute Gasteiger partial charge is 0.411 e. The Morgan fingerprint density at radius 1 is 1.39 bits per heavy atom. The molecule has 0 saturated carbocycles. The molecule has 4 nitrogen and oxygen atoms in total. The number of para-hydroxylation sites is 1. The van der Waals surface area contributed by atoms with Crippen molar-refractivity contribution < 1.29 is 9.94 Å². The Kier molecular flexibility index (Phi) is 4.59. The minimum absolute atomic E-state index is 0.777. The smallest absolute Gasteiger partial charge is 0.0889 e. The molecule has 4 heteroatoms. The highest BCUT2D eigenvalue weighted by Gasteiger charge is 2.18. The number of fused-ring (bicyclic) bond motifs is 1. The molecule has 1 aromatic carbocycles. The summed E-state index contributed by atoms with van der Waals surface area (Å²) in [5.41, 5.74) is 3.01. The van der Waals surface area contributed by atoms with Gasteiger partial charge in [0.2, 0.25) is 0 Å². The predicted molar refractivity (Wildman–Crippen MR) is 72.7 cm³/mol. The van der Waals surface area contributed by atoms with Crippen LogP contribution in [0.4, 0.5) is 5.69 Å². The highest BCUT2D eigenvalue weighted by atomic mass is 16.5. The molecule has 0 aliphatic carbocycles. The molecular weight excluding hydrogens is 228 g/mol. The van der Waals surface area contributed by atoms with E-state index in [0.29, 0.717) is 0 Å². The first-order valence-corrected chi connectivity index (χ1v) is 6.41. The average molecular weight is 248 g/mol. The molecule has 2 rings (SSSR count). The monoisotopic (exact) mass is 248 g/mol. The van der Waals surface area contributed by atoms with E-state index in [1.54, 1.807) is 7.11 Å². The van der Waals surface area contributed by atoms with E-state index in [1.807, 2.05) is 18.2 Å². The van der Waals surface area contributed by atoms with Crippen LogP contribution in [0.5, 0.6) is 0 Å². The summed E-state index contributed by atoms with van der Waals surface area (Å²) in [6, 6.07) is 8.14. The zero-order valence-electron chi connectivity index (χ0n) is 10.8. The first-order valence-electron chi connectivity index (χ1n) is 6.41. The van der Waals surface area contributed by atoms with E-state index < -0.39 is 0 Å². The zero-order chi connectivity index (χ0) is 12.8. The summed E-state index contributed by atoms with van der Waals surface area (Å²) in [7, 11) is 1.73. The Morgan fingerprint density at radius 2 is 2.22 bits per heavy atom. The van der Waals surface area contributed by atoms with Gasteiger partial charge in [-0.1, -0.05) is 23.4 Å². The van der Waals surface area contributed by atoms with Gasteiger partial charge in [-0.3, -0.25) is 0 Å². The Balaban J connectivity index is 2.22. The van der Waals surface area contributed by atoms with Crippen LogP contribution in [0.3, 0.4) is 0 Å². The molecule has 1 aromatic rings. The summed E-state index contributed by atoms with van der Waals surface area (Å²) >= 11 is 0. The molecule has 98 valence electrons. The summed E-state index contributed by atoms with van der Waals surface area (Å²) in [4.78, 5) is 2.35. The van der Waals surface area contributed by atoms with Crippen molar-refractivity contribution >= 4 is 11.4 Å². The number of hydrogen-bond acceptors (Lipinski definition) is 4. The first-order chi connectivity index (χ1) is 8.86. The van der Waals surface area contributed by atoms with Gasteiger partial charge in [0.15, 0.2) is 0 Å². The molecule has 0 aromatic heterocycles.